The minimum Gasteiger partial charge on any atom is -0.868 e. The van der Waals surface area contributed by atoms with Gasteiger partial charge in [0.1, 0.15) is 5.82 Å². The number of aromatic amines is 1. The molecular formula is C116H75LiN9O+. The molecule has 8 aromatic heterocycles. The molecule has 11 heteroatoms. The number of pyridine rings is 5. The molecule has 8 heterocycles. The summed E-state index contributed by atoms with van der Waals surface area (Å²) in [6.45, 7) is 0. The fourth-order valence-corrected chi connectivity index (χ4v) is 18.6. The Bertz CT molecular complexity index is 8170. The van der Waals surface area contributed by atoms with Crippen LogP contribution in [-0.2, 0) is 0 Å². The topological polar surface area (TPSA) is 116 Å². The first-order chi connectivity index (χ1) is 62.4. The third-order valence-corrected chi connectivity index (χ3v) is 24.5. The van der Waals surface area contributed by atoms with Crippen LogP contribution in [0, 0.1) is 0 Å². The number of H-pyrrole nitrogens is 1. The molecule has 0 unspecified atom stereocenters. The van der Waals surface area contributed by atoms with Crippen LogP contribution in [0.4, 0.5) is 0 Å². The second-order valence-electron chi connectivity index (χ2n) is 32.0. The number of nitrogens with zero attached hydrogens (tertiary/aromatic N) is 8. The van der Waals surface area contributed by atoms with Crippen LogP contribution >= 0.6 is 0 Å². The molecule has 1 N–H and O–H groups in total. The smallest absolute Gasteiger partial charge is 0.868 e. The van der Waals surface area contributed by atoms with Crippen LogP contribution < -0.4 is 29.0 Å². The van der Waals surface area contributed by atoms with Crippen molar-refractivity contribution in [2.24, 2.45) is 0 Å². The van der Waals surface area contributed by atoms with Gasteiger partial charge < -0.3 is 14.2 Å². The van der Waals surface area contributed by atoms with Crippen molar-refractivity contribution in [2.45, 2.75) is 0 Å². The fraction of sp³-hybridized carbons (Fsp3) is 0. The number of hydrogen-bond acceptors (Lipinski definition) is 6. The van der Waals surface area contributed by atoms with Crippen molar-refractivity contribution >= 4 is 119 Å². The Morgan fingerprint density at radius 1 is 0.228 bits per heavy atom. The quantitative estimate of drug-likeness (QED) is 0.0941. The van der Waals surface area contributed by atoms with Gasteiger partial charge in [-0.3, -0.25) is 24.5 Å². The van der Waals surface area contributed by atoms with Crippen LogP contribution in [0.5, 0.6) is 5.75 Å². The normalized spacial score (nSPS) is 11.4. The molecule has 17 aromatic carbocycles. The molecule has 0 aliphatic rings. The van der Waals surface area contributed by atoms with Gasteiger partial charge in [-0.15, -0.1) is 0 Å². The Morgan fingerprint density at radius 2 is 0.630 bits per heavy atom. The summed E-state index contributed by atoms with van der Waals surface area (Å²) in [5.41, 5.74) is 27.4. The maximum Gasteiger partial charge on any atom is 1.00 e. The van der Waals surface area contributed by atoms with E-state index in [1.807, 2.05) is 92.0 Å². The minimum absolute atomic E-state index is 0. The standard InChI is InChI=1S/C54H34N6.C53H34N2.C9H7NO.Li/c1-3-11-37-29-51-49(27-35(37)9-1)53-54(59(51)47-23-43(39-13-5-17-55-31-39)21-44(24-47)40-14-6-18-56-32-40)50-28-36-10-2-4-12-38(36)30-52(50)60(53)48-25-45(41-15-7-19-57-33-41)22-46(26-48)42-16-8-20-58-34-42;1-2-16-44(17-3-1)55-50-21-11-10-20-49(50)54-53(55)38-26-22-37(23-27-38)41-30-31-47-48(34-41)52(43-29-25-36-13-5-7-15-40(36)33-43)46-19-9-8-18-45(46)51(47)42-28-24-35-12-4-6-14-39(35)32-42;11-8-5-1-3-7-4-2-6-10-9(7)8;/h1-34H;1-34H;1-6,11H;/q;;;+1. The predicted octanol–water partition coefficient (Wildman–Crippen LogP) is 25.3. The van der Waals surface area contributed by atoms with Gasteiger partial charge in [-0.05, 0) is 266 Å². The molecule has 25 aromatic rings. The van der Waals surface area contributed by atoms with Gasteiger partial charge in [0.15, 0.2) is 6.20 Å². The van der Waals surface area contributed by atoms with Crippen LogP contribution in [0.2, 0.25) is 0 Å². The number of benzene rings is 17. The Hall–Kier alpha value is -16.5. The van der Waals surface area contributed by atoms with Crippen LogP contribution in [0.15, 0.2) is 450 Å². The summed E-state index contributed by atoms with van der Waals surface area (Å²) in [6.07, 6.45) is 16.8. The first-order valence-electron chi connectivity index (χ1n) is 42.4. The van der Waals surface area contributed by atoms with Gasteiger partial charge in [0.2, 0.25) is 5.52 Å². The first kappa shape index (κ1) is 76.6. The van der Waals surface area contributed by atoms with E-state index in [1.165, 1.54) is 92.5 Å². The molecule has 0 radical (unpaired) electrons. The molecular weight excluding hydrogens is 1540 g/mol. The maximum absolute atomic E-state index is 11.1. The number of imidazole rings is 1. The SMILES string of the molecule is [Li+].[O-]c1cccc2ccc[nH+]c12.c1ccc(-n2c(-c3ccc(-c4ccc5c(-c6ccc7ccccc7c6)c6ccccc6c(-c6ccc7ccccc7c6)c5c4)cc3)nc3ccccc32)cc1.c1cncc(-c2cc(-c3cccnc3)cc(-n3c4cc5ccccc5cc4c4c3c3cc5ccccc5cc3n4-c3cc(-c4cccnc4)cc(-c4cccnc4)c3)c2)c1. The summed E-state index contributed by atoms with van der Waals surface area (Å²) in [5.74, 6) is 0.977. The van der Waals surface area contributed by atoms with E-state index in [4.69, 9.17) is 4.98 Å². The zero-order chi connectivity index (χ0) is 83.5. The van der Waals surface area contributed by atoms with Crippen molar-refractivity contribution in [3.8, 4) is 112 Å². The van der Waals surface area contributed by atoms with Crippen LogP contribution in [-0.4, -0.2) is 38.6 Å². The zero-order valence-electron chi connectivity index (χ0n) is 69.2. The molecule has 0 amide bonds. The first-order valence-corrected chi connectivity index (χ1v) is 42.4. The van der Waals surface area contributed by atoms with Gasteiger partial charge in [0.25, 0.3) is 0 Å². The third-order valence-electron chi connectivity index (χ3n) is 24.5. The van der Waals surface area contributed by atoms with E-state index in [2.05, 4.69) is 378 Å². The van der Waals surface area contributed by atoms with E-state index in [0.29, 0.717) is 5.52 Å². The summed E-state index contributed by atoms with van der Waals surface area (Å²) in [6, 6.07) is 141. The van der Waals surface area contributed by atoms with E-state index in [9.17, 15) is 5.11 Å². The Morgan fingerprint density at radius 3 is 1.12 bits per heavy atom. The van der Waals surface area contributed by atoms with Crippen molar-refractivity contribution in [1.82, 2.24) is 38.6 Å². The second-order valence-corrected chi connectivity index (χ2v) is 32.0. The third kappa shape index (κ3) is 14.1. The molecule has 0 bridgehead atoms. The number of aromatic nitrogens is 9. The second kappa shape index (κ2) is 32.7. The van der Waals surface area contributed by atoms with Gasteiger partial charge in [-0.1, -0.05) is 249 Å². The largest absolute Gasteiger partial charge is 1.00 e. The molecule has 0 aliphatic carbocycles. The van der Waals surface area contributed by atoms with Crippen LogP contribution in [0.1, 0.15) is 0 Å². The van der Waals surface area contributed by atoms with Crippen LogP contribution in [0.3, 0.4) is 0 Å². The van der Waals surface area contributed by atoms with E-state index in [-0.39, 0.29) is 24.6 Å². The summed E-state index contributed by atoms with van der Waals surface area (Å²) >= 11 is 0. The van der Waals surface area contributed by atoms with Crippen molar-refractivity contribution in [3.05, 3.63) is 450 Å². The predicted molar refractivity (Wildman–Crippen MR) is 518 cm³/mol. The average molecular weight is 1620 g/mol. The Kier molecular flexibility index (Phi) is 19.7. The number of fused-ring (bicyclic) bond motifs is 13. The number of rotatable bonds is 11. The fourth-order valence-electron chi connectivity index (χ4n) is 18.6. The van der Waals surface area contributed by atoms with Gasteiger partial charge in [-0.25, -0.2) is 9.97 Å². The van der Waals surface area contributed by atoms with Crippen molar-refractivity contribution in [3.63, 3.8) is 0 Å². The molecule has 0 saturated carbocycles. The molecule has 0 spiro atoms. The van der Waals surface area contributed by atoms with Crippen molar-refractivity contribution < 1.29 is 29.0 Å². The molecule has 10 nitrogen and oxygen atoms in total. The van der Waals surface area contributed by atoms with E-state index < -0.39 is 0 Å². The number of para-hydroxylation sites is 4. The van der Waals surface area contributed by atoms with E-state index >= 15 is 0 Å². The van der Waals surface area contributed by atoms with Crippen molar-refractivity contribution in [1.29, 1.82) is 0 Å². The molecule has 127 heavy (non-hydrogen) atoms. The molecule has 25 rings (SSSR count). The summed E-state index contributed by atoms with van der Waals surface area (Å²) < 4.78 is 7.23. The van der Waals surface area contributed by atoms with Crippen molar-refractivity contribution in [2.75, 3.05) is 0 Å². The maximum atomic E-state index is 11.1. The molecule has 0 saturated heterocycles. The zero-order valence-corrected chi connectivity index (χ0v) is 69.2. The minimum atomic E-state index is 0. The van der Waals surface area contributed by atoms with Crippen LogP contribution in [0.25, 0.3) is 226 Å². The van der Waals surface area contributed by atoms with Gasteiger partial charge in [0.05, 0.1) is 33.1 Å². The van der Waals surface area contributed by atoms with E-state index in [0.717, 1.165) is 128 Å². The van der Waals surface area contributed by atoms with Gasteiger partial charge in [-0.2, -0.15) is 0 Å². The van der Waals surface area contributed by atoms with Gasteiger partial charge in [0, 0.05) is 117 Å². The molecule has 0 atom stereocenters. The number of hydrogen-bond donors (Lipinski definition) is 0. The average Bonchev–Trinajstić information content (AvgIpc) is 1.55. The van der Waals surface area contributed by atoms with E-state index in [1.54, 1.807) is 18.3 Å². The summed E-state index contributed by atoms with van der Waals surface area (Å²) in [5, 5.41) is 29.1. The number of nitrogens with one attached hydrogen (secondary N) is 1. The Balaban J connectivity index is 0.000000133. The summed E-state index contributed by atoms with van der Waals surface area (Å²) in [7, 11) is 0. The monoisotopic (exact) mass is 1620 g/mol. The van der Waals surface area contributed by atoms with Gasteiger partial charge >= 0.3 is 18.9 Å². The molecule has 590 valence electrons. The Labute approximate surface area is 743 Å². The molecule has 0 aliphatic heterocycles. The summed E-state index contributed by atoms with van der Waals surface area (Å²) in [4.78, 5) is 26.1. The molecule has 0 fully saturated rings.